The van der Waals surface area contributed by atoms with Gasteiger partial charge in [0.25, 0.3) is 0 Å². The van der Waals surface area contributed by atoms with Crippen molar-refractivity contribution in [2.24, 2.45) is 5.73 Å². The number of anilines is 1. The predicted molar refractivity (Wildman–Crippen MR) is 162 cm³/mol. The number of nitrogens with two attached hydrogens (primary N) is 1. The summed E-state index contributed by atoms with van der Waals surface area (Å²) in [6.07, 6.45) is 0.366. The number of nitrogens with zero attached hydrogens (tertiary/aromatic N) is 1. The molecule has 1 aliphatic rings. The first kappa shape index (κ1) is 31.0. The normalized spacial score (nSPS) is 14.9. The Balaban J connectivity index is 1.51. The summed E-state index contributed by atoms with van der Waals surface area (Å²) in [5.74, 6) is -1.22. The third-order valence-corrected chi connectivity index (χ3v) is 7.84. The Hall–Kier alpha value is -3.92. The standard InChI is InChI=1S/C31H32Cl2N4O5/c1-42-28-17-23(33)22(32)16-25(28)36-30(40)24(13-14-34)35-31(41)26-15-20-9-5-6-10-21(20)18-37(26)29(39)12-11-27(38)19-7-3-2-4-8-19/h2-10,16-17,24,26H,11-15,18,34H2,1H3,(H,35,41)(H,36,40)/t24-,26-/m0/s1. The number of hydrogen-bond donors (Lipinski definition) is 3. The molecule has 1 aliphatic heterocycles. The fraction of sp³-hybridized carbons (Fsp3) is 0.290. The molecule has 0 aromatic heterocycles. The van der Waals surface area contributed by atoms with Crippen LogP contribution in [0.1, 0.15) is 40.7 Å². The van der Waals surface area contributed by atoms with Gasteiger partial charge < -0.3 is 26.0 Å². The third kappa shape index (κ3) is 7.47. The lowest BCUT2D eigenvalue weighted by Gasteiger charge is -2.36. The number of rotatable bonds is 11. The van der Waals surface area contributed by atoms with Crippen molar-refractivity contribution in [3.63, 3.8) is 0 Å². The minimum atomic E-state index is -1.00. The maximum absolute atomic E-state index is 13.7. The van der Waals surface area contributed by atoms with Crippen LogP contribution in [0.15, 0.2) is 66.7 Å². The number of ketones is 1. The van der Waals surface area contributed by atoms with E-state index in [4.69, 9.17) is 33.7 Å². The van der Waals surface area contributed by atoms with Gasteiger partial charge in [-0.1, -0.05) is 77.8 Å². The number of carbonyl (C=O) groups excluding carboxylic acids is 4. The number of methoxy groups -OCH3 is 1. The Bertz CT molecular complexity index is 1470. The maximum atomic E-state index is 13.7. The number of hydrogen-bond acceptors (Lipinski definition) is 6. The minimum Gasteiger partial charge on any atom is -0.495 e. The molecule has 3 amide bonds. The monoisotopic (exact) mass is 610 g/mol. The van der Waals surface area contributed by atoms with Crippen molar-refractivity contribution in [2.45, 2.75) is 44.3 Å². The molecule has 0 aliphatic carbocycles. The molecular weight excluding hydrogens is 579 g/mol. The van der Waals surface area contributed by atoms with Crippen LogP contribution in [0.5, 0.6) is 5.75 Å². The van der Waals surface area contributed by atoms with Crippen molar-refractivity contribution in [3.05, 3.63) is 93.5 Å². The van der Waals surface area contributed by atoms with Crippen LogP contribution in [0, 0.1) is 0 Å². The fourth-order valence-corrected chi connectivity index (χ4v) is 5.19. The Kier molecular flexibility index (Phi) is 10.6. The number of ether oxygens (including phenoxy) is 1. The second-order valence-corrected chi connectivity index (χ2v) is 10.7. The second kappa shape index (κ2) is 14.3. The van der Waals surface area contributed by atoms with E-state index in [9.17, 15) is 19.2 Å². The van der Waals surface area contributed by atoms with E-state index in [1.54, 1.807) is 24.3 Å². The zero-order valence-electron chi connectivity index (χ0n) is 23.1. The quantitative estimate of drug-likeness (QED) is 0.276. The van der Waals surface area contributed by atoms with Gasteiger partial charge in [-0.2, -0.15) is 0 Å². The van der Waals surface area contributed by atoms with Gasteiger partial charge in [0.1, 0.15) is 17.8 Å². The highest BCUT2D eigenvalue weighted by Crippen LogP contribution is 2.34. The van der Waals surface area contributed by atoms with Gasteiger partial charge in [-0.25, -0.2) is 0 Å². The molecule has 0 fully saturated rings. The van der Waals surface area contributed by atoms with Crippen molar-refractivity contribution in [3.8, 4) is 5.75 Å². The summed E-state index contributed by atoms with van der Waals surface area (Å²) in [7, 11) is 1.42. The minimum absolute atomic E-state index is 0.0129. The summed E-state index contributed by atoms with van der Waals surface area (Å²) in [6.45, 7) is 0.329. The van der Waals surface area contributed by atoms with Crippen molar-refractivity contribution in [2.75, 3.05) is 19.0 Å². The van der Waals surface area contributed by atoms with Crippen LogP contribution in [0.4, 0.5) is 5.69 Å². The largest absolute Gasteiger partial charge is 0.495 e. The van der Waals surface area contributed by atoms with Gasteiger partial charge in [-0.05, 0) is 30.2 Å². The topological polar surface area (TPSA) is 131 Å². The zero-order chi connectivity index (χ0) is 30.2. The van der Waals surface area contributed by atoms with Gasteiger partial charge >= 0.3 is 0 Å². The van der Waals surface area contributed by atoms with Crippen LogP contribution in [-0.4, -0.2) is 54.1 Å². The van der Waals surface area contributed by atoms with E-state index >= 15 is 0 Å². The first-order valence-corrected chi connectivity index (χ1v) is 14.3. The van der Waals surface area contributed by atoms with Crippen LogP contribution < -0.4 is 21.1 Å². The molecular formula is C31H32Cl2N4O5. The molecule has 1 heterocycles. The molecule has 9 nitrogen and oxygen atoms in total. The molecule has 0 bridgehead atoms. The van der Waals surface area contributed by atoms with Crippen molar-refractivity contribution in [1.82, 2.24) is 10.2 Å². The van der Waals surface area contributed by atoms with Crippen LogP contribution in [0.25, 0.3) is 0 Å². The highest BCUT2D eigenvalue weighted by atomic mass is 35.5. The lowest BCUT2D eigenvalue weighted by Crippen LogP contribution is -2.56. The van der Waals surface area contributed by atoms with Gasteiger partial charge in [0.15, 0.2) is 5.78 Å². The van der Waals surface area contributed by atoms with E-state index in [-0.39, 0.29) is 66.2 Å². The van der Waals surface area contributed by atoms with Gasteiger partial charge in [-0.3, -0.25) is 19.2 Å². The summed E-state index contributed by atoms with van der Waals surface area (Å²) < 4.78 is 5.30. The van der Waals surface area contributed by atoms with Gasteiger partial charge in [-0.15, -0.1) is 0 Å². The van der Waals surface area contributed by atoms with Crippen molar-refractivity contribution >= 4 is 52.4 Å². The van der Waals surface area contributed by atoms with Crippen molar-refractivity contribution < 1.29 is 23.9 Å². The molecule has 42 heavy (non-hydrogen) atoms. The highest BCUT2D eigenvalue weighted by molar-refractivity contribution is 6.42. The van der Waals surface area contributed by atoms with E-state index < -0.39 is 23.9 Å². The van der Waals surface area contributed by atoms with E-state index in [1.165, 1.54) is 24.1 Å². The second-order valence-electron chi connectivity index (χ2n) is 9.89. The summed E-state index contributed by atoms with van der Waals surface area (Å²) in [6, 6.07) is 17.4. The number of benzene rings is 3. The van der Waals surface area contributed by atoms with Gasteiger partial charge in [0.2, 0.25) is 17.7 Å². The average Bonchev–Trinajstić information content (AvgIpc) is 3.00. The van der Waals surface area contributed by atoms with Crippen LogP contribution >= 0.6 is 23.2 Å². The summed E-state index contributed by atoms with van der Waals surface area (Å²) in [5.41, 5.74) is 8.44. The Labute approximate surface area is 254 Å². The number of amides is 3. The van der Waals surface area contributed by atoms with E-state index in [1.807, 2.05) is 30.3 Å². The molecule has 220 valence electrons. The smallest absolute Gasteiger partial charge is 0.247 e. The fourth-order valence-electron chi connectivity index (χ4n) is 4.87. The van der Waals surface area contributed by atoms with Crippen LogP contribution in [-0.2, 0) is 27.3 Å². The van der Waals surface area contributed by atoms with Crippen LogP contribution in [0.2, 0.25) is 10.0 Å². The SMILES string of the molecule is COc1cc(Cl)c(Cl)cc1NC(=O)[C@H](CCN)NC(=O)[C@@H]1Cc2ccccc2CN1C(=O)CCC(=O)c1ccccc1. The molecule has 0 radical (unpaired) electrons. The number of fused-ring (bicyclic) bond motifs is 1. The van der Waals surface area contributed by atoms with E-state index in [0.717, 1.165) is 11.1 Å². The van der Waals surface area contributed by atoms with Gasteiger partial charge in [0, 0.05) is 37.4 Å². The molecule has 0 saturated carbocycles. The molecule has 11 heteroatoms. The summed E-state index contributed by atoms with van der Waals surface area (Å²) >= 11 is 12.2. The Morgan fingerprint density at radius 3 is 2.33 bits per heavy atom. The van der Waals surface area contributed by atoms with Crippen molar-refractivity contribution in [1.29, 1.82) is 0 Å². The zero-order valence-corrected chi connectivity index (χ0v) is 24.6. The molecule has 3 aromatic rings. The molecule has 0 unspecified atom stereocenters. The van der Waals surface area contributed by atoms with Gasteiger partial charge in [0.05, 0.1) is 22.8 Å². The molecule has 4 N–H and O–H groups in total. The highest BCUT2D eigenvalue weighted by Gasteiger charge is 2.36. The summed E-state index contributed by atoms with van der Waals surface area (Å²) in [4.78, 5) is 54.5. The average molecular weight is 612 g/mol. The number of Topliss-reactive ketones (excluding diaryl/α,β-unsaturated/α-hetero) is 1. The molecule has 2 atom stereocenters. The summed E-state index contributed by atoms with van der Waals surface area (Å²) in [5, 5.41) is 5.98. The predicted octanol–water partition coefficient (Wildman–Crippen LogP) is 4.39. The molecule has 4 rings (SSSR count). The first-order valence-electron chi connectivity index (χ1n) is 13.5. The number of halogens is 2. The Morgan fingerprint density at radius 1 is 0.976 bits per heavy atom. The van der Waals surface area contributed by atoms with E-state index in [2.05, 4.69) is 10.6 Å². The number of nitrogens with one attached hydrogen (secondary N) is 2. The lowest BCUT2D eigenvalue weighted by molar-refractivity contribution is -0.142. The molecule has 0 saturated heterocycles. The Morgan fingerprint density at radius 2 is 1.64 bits per heavy atom. The molecule has 3 aromatic carbocycles. The maximum Gasteiger partial charge on any atom is 0.247 e. The van der Waals surface area contributed by atoms with Crippen LogP contribution in [0.3, 0.4) is 0 Å². The molecule has 0 spiro atoms. The van der Waals surface area contributed by atoms with E-state index in [0.29, 0.717) is 11.3 Å². The third-order valence-electron chi connectivity index (χ3n) is 7.12. The number of carbonyl (C=O) groups is 4. The lowest BCUT2D eigenvalue weighted by atomic mass is 9.92. The first-order chi connectivity index (χ1) is 20.2.